The molecule has 1 aromatic carbocycles. The lowest BCUT2D eigenvalue weighted by Crippen LogP contribution is -2.34. The van der Waals surface area contributed by atoms with Crippen LogP contribution in [0.4, 0.5) is 4.39 Å². The van der Waals surface area contributed by atoms with Crippen molar-refractivity contribution in [2.24, 2.45) is 11.8 Å². The molecule has 1 aromatic rings. The van der Waals surface area contributed by atoms with Crippen molar-refractivity contribution < 1.29 is 23.5 Å². The topological polar surface area (TPSA) is 52.6 Å². The molecule has 0 unspecified atom stereocenters. The predicted octanol–water partition coefficient (Wildman–Crippen LogP) is 5.32. The van der Waals surface area contributed by atoms with Gasteiger partial charge in [0, 0.05) is 5.92 Å². The molecule has 4 nitrogen and oxygen atoms in total. The van der Waals surface area contributed by atoms with Gasteiger partial charge in [0.2, 0.25) is 0 Å². The largest absolute Gasteiger partial charge is 0.462 e. The molecule has 0 N–H and O–H groups in total. The van der Waals surface area contributed by atoms with Crippen LogP contribution in [0.15, 0.2) is 18.2 Å². The van der Waals surface area contributed by atoms with Gasteiger partial charge in [-0.25, -0.2) is 4.39 Å². The number of hydrogen-bond acceptors (Lipinski definition) is 4. The van der Waals surface area contributed by atoms with E-state index in [9.17, 15) is 14.0 Å². The second kappa shape index (κ2) is 9.06. The molecule has 1 aliphatic rings. The minimum Gasteiger partial charge on any atom is -0.462 e. The Hall–Kier alpha value is -1.91. The van der Waals surface area contributed by atoms with Crippen LogP contribution in [0.5, 0.6) is 0 Å². The van der Waals surface area contributed by atoms with Crippen LogP contribution in [-0.2, 0) is 19.1 Å². The molecule has 0 amide bonds. The van der Waals surface area contributed by atoms with Crippen molar-refractivity contribution >= 4 is 11.9 Å². The molecule has 2 rings (SSSR count). The first-order chi connectivity index (χ1) is 13.0. The van der Waals surface area contributed by atoms with E-state index >= 15 is 0 Å². The molecule has 0 aliphatic heterocycles. The Morgan fingerprint density at radius 2 is 1.86 bits per heavy atom. The van der Waals surface area contributed by atoms with Crippen molar-refractivity contribution in [3.8, 4) is 0 Å². The number of esters is 2. The average molecular weight is 393 g/mol. The molecule has 3 atom stereocenters. The predicted molar refractivity (Wildman–Crippen MR) is 106 cm³/mol. The van der Waals surface area contributed by atoms with Crippen molar-refractivity contribution in [2.75, 3.05) is 0 Å². The van der Waals surface area contributed by atoms with E-state index in [-0.39, 0.29) is 24.3 Å². The van der Waals surface area contributed by atoms with Gasteiger partial charge in [-0.3, -0.25) is 9.59 Å². The van der Waals surface area contributed by atoms with Crippen LogP contribution in [0.1, 0.15) is 77.3 Å². The standard InChI is InChI=1S/C23H33FO4/c1-14-12-18(24)10-11-19(14)21(17-8-7-9-17)16(3)27-22(26)15(2)13-20(25)28-23(4,5)6/h10-12,15-17,21H,7-9,13H2,1-6H3/t15-,16+,21+/m1/s1. The first kappa shape index (κ1) is 22.4. The van der Waals surface area contributed by atoms with Crippen LogP contribution in [0.3, 0.4) is 0 Å². The molecule has 1 saturated carbocycles. The Bertz CT molecular complexity index is 703. The quantitative estimate of drug-likeness (QED) is 0.590. The van der Waals surface area contributed by atoms with E-state index in [2.05, 4.69) is 0 Å². The molecule has 156 valence electrons. The van der Waals surface area contributed by atoms with Gasteiger partial charge in [-0.1, -0.05) is 19.4 Å². The zero-order valence-corrected chi connectivity index (χ0v) is 17.9. The summed E-state index contributed by atoms with van der Waals surface area (Å²) in [6, 6.07) is 4.80. The van der Waals surface area contributed by atoms with Crippen LogP contribution in [0, 0.1) is 24.6 Å². The number of benzene rings is 1. The zero-order chi connectivity index (χ0) is 21.1. The summed E-state index contributed by atoms with van der Waals surface area (Å²) in [6.45, 7) is 10.9. The van der Waals surface area contributed by atoms with E-state index in [0.29, 0.717) is 5.92 Å². The van der Waals surface area contributed by atoms with Crippen molar-refractivity contribution in [3.63, 3.8) is 0 Å². The second-order valence-corrected chi connectivity index (χ2v) is 9.05. The fourth-order valence-corrected chi connectivity index (χ4v) is 3.79. The third-order valence-electron chi connectivity index (χ3n) is 5.35. The van der Waals surface area contributed by atoms with E-state index in [0.717, 1.165) is 30.4 Å². The van der Waals surface area contributed by atoms with Gasteiger partial charge in [-0.05, 0) is 76.6 Å². The molecule has 0 bridgehead atoms. The molecule has 0 saturated heterocycles. The van der Waals surface area contributed by atoms with E-state index in [4.69, 9.17) is 9.47 Å². The maximum Gasteiger partial charge on any atom is 0.309 e. The average Bonchev–Trinajstić information content (AvgIpc) is 2.49. The molecule has 0 heterocycles. The molecule has 5 heteroatoms. The SMILES string of the molecule is Cc1cc(F)ccc1[C@H](C1CCC1)[C@H](C)OC(=O)[C@H](C)CC(=O)OC(C)(C)C. The molecular formula is C23H33FO4. The van der Waals surface area contributed by atoms with Gasteiger partial charge in [0.15, 0.2) is 0 Å². The Morgan fingerprint density at radius 3 is 2.36 bits per heavy atom. The van der Waals surface area contributed by atoms with Crippen molar-refractivity contribution in [1.29, 1.82) is 0 Å². The fourth-order valence-electron chi connectivity index (χ4n) is 3.79. The van der Waals surface area contributed by atoms with Crippen LogP contribution >= 0.6 is 0 Å². The van der Waals surface area contributed by atoms with E-state index < -0.39 is 23.5 Å². The number of carbonyl (C=O) groups excluding carboxylic acids is 2. The van der Waals surface area contributed by atoms with Gasteiger partial charge >= 0.3 is 11.9 Å². The molecule has 1 fully saturated rings. The first-order valence-electron chi connectivity index (χ1n) is 10.2. The Labute approximate surface area is 167 Å². The summed E-state index contributed by atoms with van der Waals surface area (Å²) in [6.07, 6.45) is 2.97. The van der Waals surface area contributed by atoms with Gasteiger partial charge in [0.25, 0.3) is 0 Å². The van der Waals surface area contributed by atoms with Crippen molar-refractivity contribution in [1.82, 2.24) is 0 Å². The third-order valence-corrected chi connectivity index (χ3v) is 5.35. The van der Waals surface area contributed by atoms with Crippen LogP contribution < -0.4 is 0 Å². The number of aryl methyl sites for hydroxylation is 1. The Balaban J connectivity index is 2.05. The van der Waals surface area contributed by atoms with Crippen molar-refractivity contribution in [2.45, 2.75) is 84.8 Å². The summed E-state index contributed by atoms with van der Waals surface area (Å²) < 4.78 is 24.6. The van der Waals surface area contributed by atoms with Gasteiger partial charge < -0.3 is 9.47 Å². The number of carbonyl (C=O) groups is 2. The summed E-state index contributed by atoms with van der Waals surface area (Å²) in [5.74, 6) is -1.19. The normalized spacial score (nSPS) is 18.0. The second-order valence-electron chi connectivity index (χ2n) is 9.05. The van der Waals surface area contributed by atoms with Gasteiger partial charge in [-0.15, -0.1) is 0 Å². The number of ether oxygens (including phenoxy) is 2. The van der Waals surface area contributed by atoms with Crippen LogP contribution in [0.2, 0.25) is 0 Å². The summed E-state index contributed by atoms with van der Waals surface area (Å²) in [4.78, 5) is 24.6. The monoisotopic (exact) mass is 392 g/mol. The molecule has 0 aromatic heterocycles. The van der Waals surface area contributed by atoms with Crippen molar-refractivity contribution in [3.05, 3.63) is 35.1 Å². The van der Waals surface area contributed by atoms with Crippen LogP contribution in [0.25, 0.3) is 0 Å². The molecule has 28 heavy (non-hydrogen) atoms. The van der Waals surface area contributed by atoms with Gasteiger partial charge in [0.05, 0.1) is 12.3 Å². The highest BCUT2D eigenvalue weighted by Gasteiger charge is 2.36. The minimum atomic E-state index is -0.580. The maximum atomic E-state index is 13.5. The summed E-state index contributed by atoms with van der Waals surface area (Å²) >= 11 is 0. The smallest absolute Gasteiger partial charge is 0.309 e. The van der Waals surface area contributed by atoms with E-state index in [1.807, 2.05) is 19.9 Å². The fraction of sp³-hybridized carbons (Fsp3) is 0.652. The van der Waals surface area contributed by atoms with Gasteiger partial charge in [-0.2, -0.15) is 0 Å². The Kier molecular flexibility index (Phi) is 7.24. The highest BCUT2D eigenvalue weighted by Crippen LogP contribution is 2.43. The van der Waals surface area contributed by atoms with E-state index in [1.54, 1.807) is 27.7 Å². The summed E-state index contributed by atoms with van der Waals surface area (Å²) in [7, 11) is 0. The Morgan fingerprint density at radius 1 is 1.21 bits per heavy atom. The highest BCUT2D eigenvalue weighted by atomic mass is 19.1. The number of hydrogen-bond donors (Lipinski definition) is 0. The van der Waals surface area contributed by atoms with Gasteiger partial charge in [0.1, 0.15) is 17.5 Å². The lowest BCUT2D eigenvalue weighted by molar-refractivity contribution is -0.164. The lowest BCUT2D eigenvalue weighted by Gasteiger charge is -2.38. The third kappa shape index (κ3) is 6.05. The maximum absolute atomic E-state index is 13.5. The number of halogens is 1. The zero-order valence-electron chi connectivity index (χ0n) is 17.9. The molecule has 0 spiro atoms. The summed E-state index contributed by atoms with van der Waals surface area (Å²) in [5.41, 5.74) is 1.33. The minimum absolute atomic E-state index is 0.00745. The first-order valence-corrected chi connectivity index (χ1v) is 10.2. The molecule has 0 radical (unpaired) electrons. The highest BCUT2D eigenvalue weighted by molar-refractivity contribution is 5.80. The summed E-state index contributed by atoms with van der Waals surface area (Å²) in [5, 5.41) is 0. The number of rotatable bonds is 7. The molecule has 1 aliphatic carbocycles. The van der Waals surface area contributed by atoms with E-state index in [1.165, 1.54) is 12.1 Å². The van der Waals surface area contributed by atoms with Crippen LogP contribution in [-0.4, -0.2) is 23.6 Å². The molecular weight excluding hydrogens is 359 g/mol. The lowest BCUT2D eigenvalue weighted by atomic mass is 9.70.